The van der Waals surface area contributed by atoms with E-state index in [0.29, 0.717) is 30.5 Å². The van der Waals surface area contributed by atoms with Crippen LogP contribution >= 0.6 is 0 Å². The lowest BCUT2D eigenvalue weighted by atomic mass is 10.0. The first-order valence-electron chi connectivity index (χ1n) is 9.38. The summed E-state index contributed by atoms with van der Waals surface area (Å²) >= 11 is 0. The van der Waals surface area contributed by atoms with Crippen LogP contribution in [0.25, 0.3) is 0 Å². The third kappa shape index (κ3) is 5.96. The van der Waals surface area contributed by atoms with E-state index >= 15 is 0 Å². The highest BCUT2D eigenvalue weighted by Crippen LogP contribution is 2.22. The quantitative estimate of drug-likeness (QED) is 0.704. The number of anilines is 2. The standard InChI is InChI=1S/C21H30N4O2/c1-5-27-17-10-8-16(9-11-17)24-20-18(7-6-13-23-20)21(26)25(4)14-12-19(22)15(2)3/h6-11,13,15,19H,5,12,14,22H2,1-4H3,(H,23,24). The van der Waals surface area contributed by atoms with Crippen molar-refractivity contribution in [2.75, 3.05) is 25.5 Å². The smallest absolute Gasteiger partial charge is 0.257 e. The van der Waals surface area contributed by atoms with Gasteiger partial charge in [-0.15, -0.1) is 0 Å². The van der Waals surface area contributed by atoms with E-state index in [1.165, 1.54) is 0 Å². The first kappa shape index (κ1) is 20.7. The van der Waals surface area contributed by atoms with Gasteiger partial charge in [0.05, 0.1) is 12.2 Å². The summed E-state index contributed by atoms with van der Waals surface area (Å²) in [6, 6.07) is 11.2. The molecule has 6 nitrogen and oxygen atoms in total. The molecular formula is C21H30N4O2. The van der Waals surface area contributed by atoms with Crippen LogP contribution in [0.5, 0.6) is 5.75 Å². The maximum Gasteiger partial charge on any atom is 0.257 e. The van der Waals surface area contributed by atoms with E-state index in [0.717, 1.165) is 17.9 Å². The third-order valence-electron chi connectivity index (χ3n) is 4.47. The fraction of sp³-hybridized carbons (Fsp3) is 0.429. The molecule has 2 aromatic rings. The maximum atomic E-state index is 12.9. The van der Waals surface area contributed by atoms with Gasteiger partial charge in [-0.05, 0) is 55.7 Å². The lowest BCUT2D eigenvalue weighted by Crippen LogP contribution is -2.35. The van der Waals surface area contributed by atoms with E-state index in [1.54, 1.807) is 30.3 Å². The second-order valence-corrected chi connectivity index (χ2v) is 6.91. The Hall–Kier alpha value is -2.60. The van der Waals surface area contributed by atoms with Gasteiger partial charge in [-0.1, -0.05) is 13.8 Å². The Morgan fingerprint density at radius 2 is 1.96 bits per heavy atom. The van der Waals surface area contributed by atoms with E-state index in [2.05, 4.69) is 24.1 Å². The highest BCUT2D eigenvalue weighted by atomic mass is 16.5. The number of rotatable bonds is 9. The number of nitrogens with one attached hydrogen (secondary N) is 1. The van der Waals surface area contributed by atoms with Gasteiger partial charge in [0.15, 0.2) is 0 Å². The number of pyridine rings is 1. The molecule has 0 radical (unpaired) electrons. The summed E-state index contributed by atoms with van der Waals surface area (Å²) < 4.78 is 5.45. The molecule has 1 amide bonds. The number of carbonyl (C=O) groups excluding carboxylic acids is 1. The van der Waals surface area contributed by atoms with Crippen LogP contribution in [0.2, 0.25) is 0 Å². The first-order valence-corrected chi connectivity index (χ1v) is 9.38. The largest absolute Gasteiger partial charge is 0.494 e. The van der Waals surface area contributed by atoms with Gasteiger partial charge in [0.2, 0.25) is 0 Å². The molecule has 0 aliphatic rings. The molecule has 146 valence electrons. The van der Waals surface area contributed by atoms with Crippen LogP contribution in [-0.2, 0) is 0 Å². The zero-order chi connectivity index (χ0) is 19.8. The van der Waals surface area contributed by atoms with E-state index < -0.39 is 0 Å². The maximum absolute atomic E-state index is 12.9. The highest BCUT2D eigenvalue weighted by Gasteiger charge is 2.18. The molecular weight excluding hydrogens is 340 g/mol. The Balaban J connectivity index is 2.08. The molecule has 1 heterocycles. The first-order chi connectivity index (χ1) is 12.9. The van der Waals surface area contributed by atoms with Crippen molar-refractivity contribution in [1.82, 2.24) is 9.88 Å². The number of aromatic nitrogens is 1. The number of hydrogen-bond donors (Lipinski definition) is 2. The molecule has 1 aromatic heterocycles. The summed E-state index contributed by atoms with van der Waals surface area (Å²) in [7, 11) is 1.79. The number of nitrogens with zero attached hydrogens (tertiary/aromatic N) is 2. The molecule has 1 aromatic carbocycles. The average molecular weight is 370 g/mol. The van der Waals surface area contributed by atoms with Crippen molar-refractivity contribution in [3.8, 4) is 5.75 Å². The van der Waals surface area contributed by atoms with E-state index in [1.807, 2.05) is 31.2 Å². The van der Waals surface area contributed by atoms with Crippen LogP contribution in [0.1, 0.15) is 37.6 Å². The Morgan fingerprint density at radius 1 is 1.26 bits per heavy atom. The van der Waals surface area contributed by atoms with Crippen LogP contribution in [0.3, 0.4) is 0 Å². The lowest BCUT2D eigenvalue weighted by Gasteiger charge is -2.22. The van der Waals surface area contributed by atoms with Gasteiger partial charge in [0.25, 0.3) is 5.91 Å². The molecule has 3 N–H and O–H groups in total. The molecule has 27 heavy (non-hydrogen) atoms. The van der Waals surface area contributed by atoms with Crippen molar-refractivity contribution in [3.05, 3.63) is 48.2 Å². The molecule has 6 heteroatoms. The Labute approximate surface area is 161 Å². The lowest BCUT2D eigenvalue weighted by molar-refractivity contribution is 0.0790. The van der Waals surface area contributed by atoms with Crippen LogP contribution in [0.15, 0.2) is 42.6 Å². The van der Waals surface area contributed by atoms with Gasteiger partial charge >= 0.3 is 0 Å². The summed E-state index contributed by atoms with van der Waals surface area (Å²) in [6.07, 6.45) is 2.43. The van der Waals surface area contributed by atoms with Crippen molar-refractivity contribution >= 4 is 17.4 Å². The number of carbonyl (C=O) groups is 1. The fourth-order valence-electron chi connectivity index (χ4n) is 2.60. The monoisotopic (exact) mass is 370 g/mol. The normalized spacial score (nSPS) is 11.9. The van der Waals surface area contributed by atoms with Gasteiger partial charge < -0.3 is 20.7 Å². The Morgan fingerprint density at radius 3 is 2.59 bits per heavy atom. The number of nitrogens with two attached hydrogens (primary N) is 1. The van der Waals surface area contributed by atoms with Crippen LogP contribution < -0.4 is 15.8 Å². The van der Waals surface area contributed by atoms with Gasteiger partial charge in [-0.2, -0.15) is 0 Å². The molecule has 0 fully saturated rings. The van der Waals surface area contributed by atoms with Crippen LogP contribution in [0.4, 0.5) is 11.5 Å². The number of amides is 1. The van der Waals surface area contributed by atoms with E-state index in [4.69, 9.17) is 10.5 Å². The van der Waals surface area contributed by atoms with E-state index in [-0.39, 0.29) is 11.9 Å². The van der Waals surface area contributed by atoms with Gasteiger partial charge in [-0.25, -0.2) is 4.98 Å². The van der Waals surface area contributed by atoms with Crippen molar-refractivity contribution in [1.29, 1.82) is 0 Å². The minimum absolute atomic E-state index is 0.0764. The van der Waals surface area contributed by atoms with E-state index in [9.17, 15) is 4.79 Å². The van der Waals surface area contributed by atoms with Crippen LogP contribution in [-0.4, -0.2) is 42.0 Å². The van der Waals surface area contributed by atoms with Crippen molar-refractivity contribution < 1.29 is 9.53 Å². The summed E-state index contributed by atoms with van der Waals surface area (Å²) in [4.78, 5) is 18.9. The van der Waals surface area contributed by atoms with Crippen molar-refractivity contribution in [2.24, 2.45) is 11.7 Å². The number of benzene rings is 1. The van der Waals surface area contributed by atoms with Crippen molar-refractivity contribution in [3.63, 3.8) is 0 Å². The predicted octanol–water partition coefficient (Wildman–Crippen LogP) is 3.67. The Bertz CT molecular complexity index is 731. The number of hydrogen-bond acceptors (Lipinski definition) is 5. The molecule has 0 saturated heterocycles. The van der Waals surface area contributed by atoms with Gasteiger partial charge in [0.1, 0.15) is 11.6 Å². The van der Waals surface area contributed by atoms with Gasteiger partial charge in [0, 0.05) is 31.5 Å². The third-order valence-corrected chi connectivity index (χ3v) is 4.47. The second-order valence-electron chi connectivity index (χ2n) is 6.91. The summed E-state index contributed by atoms with van der Waals surface area (Å²) in [5, 5.41) is 3.22. The summed E-state index contributed by atoms with van der Waals surface area (Å²) in [5.74, 6) is 1.66. The second kappa shape index (κ2) is 9.92. The summed E-state index contributed by atoms with van der Waals surface area (Å²) in [6.45, 7) is 7.36. The molecule has 0 aliphatic carbocycles. The summed E-state index contributed by atoms with van der Waals surface area (Å²) in [5.41, 5.74) is 7.47. The minimum atomic E-state index is -0.0764. The minimum Gasteiger partial charge on any atom is -0.494 e. The molecule has 2 rings (SSSR count). The Kier molecular flexibility index (Phi) is 7.61. The van der Waals surface area contributed by atoms with Gasteiger partial charge in [-0.3, -0.25) is 4.79 Å². The molecule has 1 unspecified atom stereocenters. The zero-order valence-electron chi connectivity index (χ0n) is 16.6. The zero-order valence-corrected chi connectivity index (χ0v) is 16.6. The molecule has 0 bridgehead atoms. The SMILES string of the molecule is CCOc1ccc(Nc2ncccc2C(=O)N(C)CCC(N)C(C)C)cc1. The van der Waals surface area contributed by atoms with Crippen molar-refractivity contribution in [2.45, 2.75) is 33.2 Å². The predicted molar refractivity (Wildman–Crippen MR) is 110 cm³/mol. The fourth-order valence-corrected chi connectivity index (χ4v) is 2.60. The molecule has 1 atom stereocenters. The number of ether oxygens (including phenoxy) is 1. The van der Waals surface area contributed by atoms with Crippen LogP contribution in [0, 0.1) is 5.92 Å². The highest BCUT2D eigenvalue weighted by molar-refractivity contribution is 5.99. The molecule has 0 spiro atoms. The topological polar surface area (TPSA) is 80.5 Å². The molecule has 0 aliphatic heterocycles. The molecule has 0 saturated carbocycles. The average Bonchev–Trinajstić information content (AvgIpc) is 2.67.